The van der Waals surface area contributed by atoms with Crippen molar-refractivity contribution in [3.8, 4) is 0 Å². The van der Waals surface area contributed by atoms with E-state index in [1.54, 1.807) is 0 Å². The number of unbranched alkanes of at least 4 members (excludes halogenated alkanes) is 5. The highest BCUT2D eigenvalue weighted by Gasteiger charge is 2.32. The fourth-order valence-corrected chi connectivity index (χ4v) is 11.9. The van der Waals surface area contributed by atoms with Crippen LogP contribution in [0.3, 0.4) is 0 Å². The Balaban J connectivity index is 0.000000218. The molecule has 57 heavy (non-hydrogen) atoms. The van der Waals surface area contributed by atoms with Crippen molar-refractivity contribution in [3.63, 3.8) is 0 Å². The van der Waals surface area contributed by atoms with Crippen molar-refractivity contribution >= 4 is 0 Å². The van der Waals surface area contributed by atoms with Gasteiger partial charge < -0.3 is 0 Å². The lowest BCUT2D eigenvalue weighted by Gasteiger charge is -2.38. The molecule has 322 valence electrons. The maximum absolute atomic E-state index is 4.76. The van der Waals surface area contributed by atoms with Gasteiger partial charge in [-0.1, -0.05) is 149 Å². The molecule has 0 unspecified atom stereocenters. The average Bonchev–Trinajstić information content (AvgIpc) is 3.27. The molecular formula is C55H92N2. The number of hydrogen-bond acceptors (Lipinski definition) is 2. The van der Waals surface area contributed by atoms with Crippen LogP contribution in [-0.2, 0) is 25.7 Å². The van der Waals surface area contributed by atoms with Crippen molar-refractivity contribution in [1.82, 2.24) is 9.97 Å². The Bertz CT molecular complexity index is 1250. The fourth-order valence-electron chi connectivity index (χ4n) is 11.9. The number of hydrogen-bond donors (Lipinski definition) is 0. The van der Waals surface area contributed by atoms with Crippen molar-refractivity contribution in [2.24, 2.45) is 47.3 Å². The third kappa shape index (κ3) is 17.1. The van der Waals surface area contributed by atoms with Gasteiger partial charge in [0.1, 0.15) is 0 Å². The molecule has 4 saturated carbocycles. The molecule has 2 aromatic rings. The normalized spacial score (nSPS) is 28.1. The van der Waals surface area contributed by atoms with Gasteiger partial charge in [0.15, 0.2) is 0 Å². The molecule has 2 heterocycles. The van der Waals surface area contributed by atoms with Gasteiger partial charge in [-0.25, -0.2) is 0 Å². The van der Waals surface area contributed by atoms with E-state index in [1.165, 1.54) is 234 Å². The highest BCUT2D eigenvalue weighted by atomic mass is 14.7. The van der Waals surface area contributed by atoms with Gasteiger partial charge >= 0.3 is 0 Å². The molecule has 4 aliphatic rings. The molecular weight excluding hydrogens is 689 g/mol. The van der Waals surface area contributed by atoms with Crippen LogP contribution in [0.5, 0.6) is 0 Å². The summed E-state index contributed by atoms with van der Waals surface area (Å²) in [6.45, 7) is 9.20. The van der Waals surface area contributed by atoms with E-state index >= 15 is 0 Å². The van der Waals surface area contributed by atoms with Crippen molar-refractivity contribution in [3.05, 3.63) is 59.2 Å². The number of aromatic nitrogens is 2. The first kappa shape index (κ1) is 46.4. The number of aryl methyl sites for hydroxylation is 4. The van der Waals surface area contributed by atoms with Crippen molar-refractivity contribution in [2.45, 2.75) is 240 Å². The summed E-state index contributed by atoms with van der Waals surface area (Å²) in [5, 5.41) is 0. The van der Waals surface area contributed by atoms with E-state index in [0.717, 1.165) is 47.3 Å². The maximum Gasteiger partial charge on any atom is 0.0403 e. The molecule has 6 rings (SSSR count). The topological polar surface area (TPSA) is 25.8 Å². The Hall–Kier alpha value is -1.70. The Morgan fingerprint density at radius 2 is 0.684 bits per heavy atom. The standard InChI is InChI=1S/C28H47N.C27H45N/c1-3-5-7-9-25-15-21-28(29-22-25)20-14-24-12-18-27(19-13-24)26-16-10-23(11-17-26)8-6-4-2;1-3-5-7-22-9-15-25(16-10-22)26-17-11-23(12-18-26)13-19-27-20-14-24(21-28-27)8-6-4-2/h15,21-24,26-27H,3-14,16-20H2,1-2H3;14,20-23,25-26H,3-13,15-19H2,1-2H3/t23-,24-,26-,27-;22-,23-,25-,26-. The molecule has 0 amide bonds. The van der Waals surface area contributed by atoms with Crippen LogP contribution in [0.25, 0.3) is 0 Å². The minimum Gasteiger partial charge on any atom is -0.261 e. The molecule has 4 aliphatic carbocycles. The monoisotopic (exact) mass is 781 g/mol. The third-order valence-corrected chi connectivity index (χ3v) is 16.1. The zero-order valence-corrected chi connectivity index (χ0v) is 38.3. The molecule has 0 aliphatic heterocycles. The van der Waals surface area contributed by atoms with E-state index in [2.05, 4.69) is 64.4 Å². The van der Waals surface area contributed by atoms with Crippen LogP contribution in [0, 0.1) is 47.3 Å². The van der Waals surface area contributed by atoms with E-state index in [0.29, 0.717) is 0 Å². The first-order valence-corrected chi connectivity index (χ1v) is 25.9. The summed E-state index contributed by atoms with van der Waals surface area (Å²) in [5.41, 5.74) is 5.46. The van der Waals surface area contributed by atoms with E-state index in [4.69, 9.17) is 9.97 Å². The lowest BCUT2D eigenvalue weighted by molar-refractivity contribution is 0.140. The summed E-state index contributed by atoms with van der Waals surface area (Å²) < 4.78 is 0. The molecule has 0 radical (unpaired) electrons. The van der Waals surface area contributed by atoms with Gasteiger partial charge in [-0.3, -0.25) is 9.97 Å². The largest absolute Gasteiger partial charge is 0.261 e. The molecule has 0 atom stereocenters. The molecule has 2 heteroatoms. The summed E-state index contributed by atoms with van der Waals surface area (Å²) in [4.78, 5) is 9.49. The number of pyridine rings is 2. The van der Waals surface area contributed by atoms with Gasteiger partial charge in [0, 0.05) is 23.8 Å². The zero-order chi connectivity index (χ0) is 39.9. The lowest BCUT2D eigenvalue weighted by atomic mass is 9.68. The summed E-state index contributed by atoms with van der Waals surface area (Å²) >= 11 is 0. The second-order valence-corrected chi connectivity index (χ2v) is 20.4. The van der Waals surface area contributed by atoms with Crippen LogP contribution < -0.4 is 0 Å². The minimum atomic E-state index is 0.957. The second-order valence-electron chi connectivity index (χ2n) is 20.4. The highest BCUT2D eigenvalue weighted by Crippen LogP contribution is 2.44. The van der Waals surface area contributed by atoms with Gasteiger partial charge in [0.2, 0.25) is 0 Å². The molecule has 0 N–H and O–H groups in total. The van der Waals surface area contributed by atoms with Crippen LogP contribution in [0.1, 0.15) is 236 Å². The zero-order valence-electron chi connectivity index (χ0n) is 38.3. The van der Waals surface area contributed by atoms with Gasteiger partial charge in [-0.2, -0.15) is 0 Å². The van der Waals surface area contributed by atoms with Crippen LogP contribution in [0.2, 0.25) is 0 Å². The predicted molar refractivity (Wildman–Crippen MR) is 248 cm³/mol. The molecule has 0 spiro atoms. The van der Waals surface area contributed by atoms with Crippen molar-refractivity contribution in [2.75, 3.05) is 0 Å². The predicted octanol–water partition coefficient (Wildman–Crippen LogP) is 16.7. The molecule has 2 aromatic heterocycles. The summed E-state index contributed by atoms with van der Waals surface area (Å²) in [5.74, 6) is 8.28. The fraction of sp³-hybridized carbons (Fsp3) is 0.818. The molecule has 0 saturated heterocycles. The quantitative estimate of drug-likeness (QED) is 0.118. The Labute approximate surface area is 354 Å². The first-order chi connectivity index (χ1) is 28.1. The average molecular weight is 781 g/mol. The lowest BCUT2D eigenvalue weighted by Crippen LogP contribution is -2.26. The Kier molecular flexibility index (Phi) is 22.1. The molecule has 0 aromatic carbocycles. The van der Waals surface area contributed by atoms with E-state index in [1.807, 2.05) is 0 Å². The summed E-state index contributed by atoms with van der Waals surface area (Å²) in [6.07, 6.45) is 51.2. The van der Waals surface area contributed by atoms with Gasteiger partial charge in [-0.15, -0.1) is 0 Å². The number of nitrogens with zero attached hydrogens (tertiary/aromatic N) is 2. The van der Waals surface area contributed by atoms with Gasteiger partial charge in [-0.05, 0) is 173 Å². The smallest absolute Gasteiger partial charge is 0.0403 e. The second kappa shape index (κ2) is 27.2. The van der Waals surface area contributed by atoms with E-state index in [9.17, 15) is 0 Å². The minimum absolute atomic E-state index is 0.957. The molecule has 4 fully saturated rings. The van der Waals surface area contributed by atoms with Gasteiger partial charge in [0.05, 0.1) is 0 Å². The van der Waals surface area contributed by atoms with Crippen molar-refractivity contribution < 1.29 is 0 Å². The van der Waals surface area contributed by atoms with Crippen LogP contribution >= 0.6 is 0 Å². The van der Waals surface area contributed by atoms with Gasteiger partial charge in [0.25, 0.3) is 0 Å². The first-order valence-electron chi connectivity index (χ1n) is 25.9. The molecule has 0 bridgehead atoms. The maximum atomic E-state index is 4.76. The highest BCUT2D eigenvalue weighted by molar-refractivity contribution is 5.15. The van der Waals surface area contributed by atoms with Crippen LogP contribution in [0.15, 0.2) is 36.7 Å². The van der Waals surface area contributed by atoms with E-state index < -0.39 is 0 Å². The molecule has 2 nitrogen and oxygen atoms in total. The van der Waals surface area contributed by atoms with Crippen LogP contribution in [0.4, 0.5) is 0 Å². The third-order valence-electron chi connectivity index (χ3n) is 16.1. The van der Waals surface area contributed by atoms with E-state index in [-0.39, 0.29) is 0 Å². The summed E-state index contributed by atoms with van der Waals surface area (Å²) in [6, 6.07) is 9.22. The number of rotatable bonds is 21. The summed E-state index contributed by atoms with van der Waals surface area (Å²) in [7, 11) is 0. The Morgan fingerprint density at radius 1 is 0.351 bits per heavy atom. The van der Waals surface area contributed by atoms with Crippen molar-refractivity contribution in [1.29, 1.82) is 0 Å². The SMILES string of the molecule is CCCCCc1ccc(CC[C@H]2CC[C@H]([C@H]3CC[C@H](CCCC)CC3)CC2)nc1.CCCCc1ccc(CC[C@H]2CC[C@H]([C@H]3CC[C@H](CCCC)CC3)CC2)nc1. The Morgan fingerprint density at radius 3 is 1.00 bits per heavy atom. The van der Waals surface area contributed by atoms with Crippen LogP contribution in [-0.4, -0.2) is 9.97 Å².